The third-order valence-electron chi connectivity index (χ3n) is 3.47. The number of nitrogens with zero attached hydrogens (tertiary/aromatic N) is 1. The van der Waals surface area contributed by atoms with Gasteiger partial charge in [-0.15, -0.1) is 11.3 Å². The molecule has 0 aliphatic carbocycles. The standard InChI is InChI=1S/C19H18N2O3S2/c1-13-5-4-6-14(11-13)20-17(22)12-24-18(23)9-10-25-19-21-15-7-2-3-8-16(15)26-19/h2-8,11H,9-10,12H2,1H3,(H,20,22). The first-order valence-electron chi connectivity index (χ1n) is 8.11. The Morgan fingerprint density at radius 3 is 2.85 bits per heavy atom. The summed E-state index contributed by atoms with van der Waals surface area (Å²) in [7, 11) is 0. The summed E-state index contributed by atoms with van der Waals surface area (Å²) in [6, 6.07) is 15.4. The van der Waals surface area contributed by atoms with Crippen molar-refractivity contribution in [3.8, 4) is 0 Å². The van der Waals surface area contributed by atoms with Gasteiger partial charge in [-0.1, -0.05) is 36.0 Å². The average molecular weight is 386 g/mol. The number of esters is 1. The van der Waals surface area contributed by atoms with Crippen molar-refractivity contribution in [2.24, 2.45) is 0 Å². The zero-order valence-corrected chi connectivity index (χ0v) is 15.9. The summed E-state index contributed by atoms with van der Waals surface area (Å²) in [5.41, 5.74) is 2.71. The summed E-state index contributed by atoms with van der Waals surface area (Å²) in [6.45, 7) is 1.66. The Kier molecular flexibility index (Phi) is 6.25. The molecule has 1 heterocycles. The number of thiazole rings is 1. The number of nitrogens with one attached hydrogen (secondary N) is 1. The van der Waals surface area contributed by atoms with Gasteiger partial charge in [0.05, 0.1) is 16.6 Å². The molecule has 0 fully saturated rings. The second-order valence-electron chi connectivity index (χ2n) is 5.62. The first-order valence-corrected chi connectivity index (χ1v) is 9.91. The third kappa shape index (κ3) is 5.31. The fourth-order valence-corrected chi connectivity index (χ4v) is 4.33. The minimum Gasteiger partial charge on any atom is -0.456 e. The van der Waals surface area contributed by atoms with Crippen LogP contribution in [0, 0.1) is 6.92 Å². The van der Waals surface area contributed by atoms with E-state index in [0.29, 0.717) is 11.4 Å². The van der Waals surface area contributed by atoms with Crippen LogP contribution in [-0.4, -0.2) is 29.2 Å². The number of anilines is 1. The molecule has 1 aromatic heterocycles. The number of amides is 1. The van der Waals surface area contributed by atoms with Gasteiger partial charge in [0, 0.05) is 11.4 Å². The van der Waals surface area contributed by atoms with Crippen molar-refractivity contribution < 1.29 is 14.3 Å². The Morgan fingerprint density at radius 2 is 2.04 bits per heavy atom. The number of carbonyl (C=O) groups excluding carboxylic acids is 2. The molecule has 0 aliphatic heterocycles. The first-order chi connectivity index (χ1) is 12.6. The predicted octanol–water partition coefficient (Wildman–Crippen LogP) is 4.27. The number of thioether (sulfide) groups is 1. The lowest BCUT2D eigenvalue weighted by Crippen LogP contribution is -2.21. The van der Waals surface area contributed by atoms with Crippen LogP contribution in [0.5, 0.6) is 0 Å². The molecule has 0 saturated heterocycles. The van der Waals surface area contributed by atoms with Crippen LogP contribution in [0.15, 0.2) is 52.9 Å². The zero-order chi connectivity index (χ0) is 18.4. The van der Waals surface area contributed by atoms with E-state index in [1.807, 2.05) is 49.4 Å². The van der Waals surface area contributed by atoms with E-state index >= 15 is 0 Å². The number of benzene rings is 2. The molecule has 26 heavy (non-hydrogen) atoms. The number of aromatic nitrogens is 1. The van der Waals surface area contributed by atoms with E-state index in [1.54, 1.807) is 17.4 Å². The van der Waals surface area contributed by atoms with Crippen molar-refractivity contribution in [1.82, 2.24) is 4.98 Å². The number of rotatable bonds is 7. The van der Waals surface area contributed by atoms with Crippen molar-refractivity contribution in [2.75, 3.05) is 17.7 Å². The van der Waals surface area contributed by atoms with E-state index in [4.69, 9.17) is 4.74 Å². The maximum Gasteiger partial charge on any atom is 0.307 e. The smallest absolute Gasteiger partial charge is 0.307 e. The molecule has 0 atom stereocenters. The lowest BCUT2D eigenvalue weighted by molar-refractivity contribution is -0.146. The maximum atomic E-state index is 11.8. The first kappa shape index (κ1) is 18.4. The largest absolute Gasteiger partial charge is 0.456 e. The van der Waals surface area contributed by atoms with Crippen molar-refractivity contribution in [3.05, 3.63) is 54.1 Å². The molecular formula is C19H18N2O3S2. The minimum atomic E-state index is -0.391. The van der Waals surface area contributed by atoms with Gasteiger partial charge in [0.2, 0.25) is 0 Å². The molecule has 0 saturated carbocycles. The van der Waals surface area contributed by atoms with Crippen molar-refractivity contribution in [1.29, 1.82) is 0 Å². The van der Waals surface area contributed by atoms with Crippen LogP contribution in [-0.2, 0) is 14.3 Å². The number of para-hydroxylation sites is 1. The van der Waals surface area contributed by atoms with Crippen LogP contribution in [0.2, 0.25) is 0 Å². The van der Waals surface area contributed by atoms with Gasteiger partial charge in [0.25, 0.3) is 5.91 Å². The van der Waals surface area contributed by atoms with E-state index in [0.717, 1.165) is 20.1 Å². The van der Waals surface area contributed by atoms with Gasteiger partial charge >= 0.3 is 5.97 Å². The number of carbonyl (C=O) groups is 2. The van der Waals surface area contributed by atoms with Crippen LogP contribution < -0.4 is 5.32 Å². The summed E-state index contributed by atoms with van der Waals surface area (Å²) in [5, 5.41) is 2.71. The molecule has 0 bridgehead atoms. The SMILES string of the molecule is Cc1cccc(NC(=O)COC(=O)CCSc2nc3ccccc3s2)c1. The maximum absolute atomic E-state index is 11.8. The van der Waals surface area contributed by atoms with Gasteiger partial charge in [0.15, 0.2) is 10.9 Å². The van der Waals surface area contributed by atoms with Crippen LogP contribution in [0.4, 0.5) is 5.69 Å². The Morgan fingerprint density at radius 1 is 1.19 bits per heavy atom. The number of hydrogen-bond acceptors (Lipinski definition) is 6. The summed E-state index contributed by atoms with van der Waals surface area (Å²) in [6.07, 6.45) is 0.234. The van der Waals surface area contributed by atoms with Crippen molar-refractivity contribution in [2.45, 2.75) is 17.7 Å². The molecule has 5 nitrogen and oxygen atoms in total. The van der Waals surface area contributed by atoms with E-state index in [2.05, 4.69) is 10.3 Å². The lowest BCUT2D eigenvalue weighted by Gasteiger charge is -2.07. The van der Waals surface area contributed by atoms with Gasteiger partial charge in [0.1, 0.15) is 0 Å². The van der Waals surface area contributed by atoms with Crippen LogP contribution in [0.25, 0.3) is 10.2 Å². The normalized spacial score (nSPS) is 10.7. The zero-order valence-electron chi connectivity index (χ0n) is 14.2. The van der Waals surface area contributed by atoms with Gasteiger partial charge < -0.3 is 10.1 Å². The van der Waals surface area contributed by atoms with Crippen molar-refractivity contribution in [3.63, 3.8) is 0 Å². The Hall–Kier alpha value is -2.38. The van der Waals surface area contributed by atoms with Crippen LogP contribution in [0.1, 0.15) is 12.0 Å². The Balaban J connectivity index is 1.38. The van der Waals surface area contributed by atoms with Crippen molar-refractivity contribution >= 4 is 50.9 Å². The molecule has 0 radical (unpaired) electrons. The highest BCUT2D eigenvalue weighted by Gasteiger charge is 2.10. The molecule has 7 heteroatoms. The molecule has 3 aromatic rings. The molecule has 1 amide bonds. The van der Waals surface area contributed by atoms with E-state index in [1.165, 1.54) is 11.8 Å². The highest BCUT2D eigenvalue weighted by Crippen LogP contribution is 2.29. The number of aryl methyl sites for hydroxylation is 1. The van der Waals surface area contributed by atoms with Gasteiger partial charge in [-0.25, -0.2) is 4.98 Å². The summed E-state index contributed by atoms with van der Waals surface area (Å²) in [5.74, 6) is -0.168. The third-order valence-corrected chi connectivity index (χ3v) is 5.65. The molecule has 134 valence electrons. The fourth-order valence-electron chi connectivity index (χ4n) is 2.27. The lowest BCUT2D eigenvalue weighted by atomic mass is 10.2. The predicted molar refractivity (Wildman–Crippen MR) is 106 cm³/mol. The summed E-state index contributed by atoms with van der Waals surface area (Å²) < 4.78 is 7.08. The minimum absolute atomic E-state index is 0.234. The van der Waals surface area contributed by atoms with Gasteiger partial charge in [-0.3, -0.25) is 9.59 Å². The topological polar surface area (TPSA) is 68.3 Å². The number of ether oxygens (including phenoxy) is 1. The van der Waals surface area contributed by atoms with Crippen LogP contribution >= 0.6 is 23.1 Å². The molecule has 3 rings (SSSR count). The van der Waals surface area contributed by atoms with Crippen LogP contribution in [0.3, 0.4) is 0 Å². The molecule has 1 N–H and O–H groups in total. The summed E-state index contributed by atoms with van der Waals surface area (Å²) in [4.78, 5) is 28.1. The summed E-state index contributed by atoms with van der Waals surface area (Å²) >= 11 is 3.12. The number of fused-ring (bicyclic) bond motifs is 1. The average Bonchev–Trinajstić information content (AvgIpc) is 3.03. The molecular weight excluding hydrogens is 368 g/mol. The molecule has 0 spiro atoms. The number of hydrogen-bond donors (Lipinski definition) is 1. The Bertz CT molecular complexity index is 891. The second-order valence-corrected chi connectivity index (χ2v) is 8.00. The molecule has 2 aromatic carbocycles. The Labute approximate surface area is 159 Å². The second kappa shape index (κ2) is 8.82. The highest BCUT2D eigenvalue weighted by atomic mass is 32.2. The molecule has 0 aliphatic rings. The highest BCUT2D eigenvalue weighted by molar-refractivity contribution is 8.01. The van der Waals surface area contributed by atoms with Gasteiger partial charge in [-0.05, 0) is 36.8 Å². The quantitative estimate of drug-likeness (QED) is 0.485. The fraction of sp³-hybridized carbons (Fsp3) is 0.211. The van der Waals surface area contributed by atoms with E-state index in [-0.39, 0.29) is 18.9 Å². The van der Waals surface area contributed by atoms with E-state index in [9.17, 15) is 9.59 Å². The van der Waals surface area contributed by atoms with E-state index < -0.39 is 5.97 Å². The van der Waals surface area contributed by atoms with Gasteiger partial charge in [-0.2, -0.15) is 0 Å². The molecule has 0 unspecified atom stereocenters. The monoisotopic (exact) mass is 386 g/mol.